The minimum atomic E-state index is 0.106. The number of benzene rings is 2. The smallest absolute Gasteiger partial charge is 0.118 e. The molecule has 1 atom stereocenters. The molecule has 0 aliphatic carbocycles. The Morgan fingerprint density at radius 1 is 1.14 bits per heavy atom. The standard InChI is InChI=1S/C16H18Br2N2O/c1-21-13-6-2-11(3-7-13)4-9-16(20-19)14-8-5-12(17)10-15(14)18/h2-3,5-8,10,16,20H,4,9,19H2,1H3. The molecule has 21 heavy (non-hydrogen) atoms. The largest absolute Gasteiger partial charge is 0.497 e. The number of hydrogen-bond acceptors (Lipinski definition) is 3. The molecule has 0 aliphatic heterocycles. The first-order chi connectivity index (χ1) is 10.1. The lowest BCUT2D eigenvalue weighted by Gasteiger charge is -2.18. The molecule has 1 unspecified atom stereocenters. The molecule has 0 saturated heterocycles. The first-order valence-corrected chi connectivity index (χ1v) is 8.26. The molecular weight excluding hydrogens is 396 g/mol. The summed E-state index contributed by atoms with van der Waals surface area (Å²) >= 11 is 7.05. The van der Waals surface area contributed by atoms with Gasteiger partial charge in [-0.3, -0.25) is 11.3 Å². The van der Waals surface area contributed by atoms with Crippen LogP contribution in [0, 0.1) is 0 Å². The number of ether oxygens (including phenoxy) is 1. The number of methoxy groups -OCH3 is 1. The lowest BCUT2D eigenvalue weighted by atomic mass is 9.99. The first-order valence-electron chi connectivity index (χ1n) is 6.68. The van der Waals surface area contributed by atoms with E-state index in [0.717, 1.165) is 33.1 Å². The number of hydrogen-bond donors (Lipinski definition) is 2. The minimum absolute atomic E-state index is 0.106. The molecule has 0 amide bonds. The third kappa shape index (κ3) is 4.54. The number of aryl methyl sites for hydroxylation is 1. The Morgan fingerprint density at radius 3 is 2.43 bits per heavy atom. The van der Waals surface area contributed by atoms with Crippen LogP contribution in [-0.2, 0) is 6.42 Å². The van der Waals surface area contributed by atoms with E-state index in [1.165, 1.54) is 5.56 Å². The van der Waals surface area contributed by atoms with Crippen molar-refractivity contribution in [1.29, 1.82) is 0 Å². The summed E-state index contributed by atoms with van der Waals surface area (Å²) in [7, 11) is 1.68. The summed E-state index contributed by atoms with van der Waals surface area (Å²) in [6.07, 6.45) is 1.87. The van der Waals surface area contributed by atoms with Gasteiger partial charge in [0.1, 0.15) is 5.75 Å². The molecule has 0 aromatic heterocycles. The molecule has 0 fully saturated rings. The van der Waals surface area contributed by atoms with Crippen LogP contribution >= 0.6 is 31.9 Å². The first kappa shape index (κ1) is 16.5. The van der Waals surface area contributed by atoms with Gasteiger partial charge >= 0.3 is 0 Å². The second-order valence-corrected chi connectivity index (χ2v) is 6.54. The predicted molar refractivity (Wildman–Crippen MR) is 93.2 cm³/mol. The fraction of sp³-hybridized carbons (Fsp3) is 0.250. The Kier molecular flexibility index (Phi) is 6.23. The van der Waals surface area contributed by atoms with Crippen molar-refractivity contribution in [3.63, 3.8) is 0 Å². The highest BCUT2D eigenvalue weighted by atomic mass is 79.9. The molecule has 2 aromatic carbocycles. The van der Waals surface area contributed by atoms with Crippen LogP contribution in [0.2, 0.25) is 0 Å². The zero-order valence-electron chi connectivity index (χ0n) is 11.8. The SMILES string of the molecule is COc1ccc(CCC(NN)c2ccc(Br)cc2Br)cc1. The highest BCUT2D eigenvalue weighted by Gasteiger charge is 2.13. The fourth-order valence-corrected chi connectivity index (χ4v) is 3.54. The highest BCUT2D eigenvalue weighted by molar-refractivity contribution is 9.11. The Labute approximate surface area is 142 Å². The normalized spacial score (nSPS) is 12.2. The van der Waals surface area contributed by atoms with Gasteiger partial charge in [0.05, 0.1) is 7.11 Å². The van der Waals surface area contributed by atoms with Crippen LogP contribution in [-0.4, -0.2) is 7.11 Å². The van der Waals surface area contributed by atoms with Gasteiger partial charge in [0.25, 0.3) is 0 Å². The quantitative estimate of drug-likeness (QED) is 0.546. The Hall–Kier alpha value is -0.880. The van der Waals surface area contributed by atoms with Gasteiger partial charge in [-0.1, -0.05) is 50.1 Å². The van der Waals surface area contributed by atoms with Crippen molar-refractivity contribution >= 4 is 31.9 Å². The van der Waals surface area contributed by atoms with E-state index < -0.39 is 0 Å². The van der Waals surface area contributed by atoms with E-state index in [4.69, 9.17) is 10.6 Å². The van der Waals surface area contributed by atoms with Crippen LogP contribution in [0.5, 0.6) is 5.75 Å². The molecule has 0 aliphatic rings. The van der Waals surface area contributed by atoms with Crippen LogP contribution in [0.3, 0.4) is 0 Å². The molecule has 0 spiro atoms. The molecule has 0 radical (unpaired) electrons. The van der Waals surface area contributed by atoms with Crippen LogP contribution in [0.1, 0.15) is 23.6 Å². The summed E-state index contributed by atoms with van der Waals surface area (Å²) in [6.45, 7) is 0. The monoisotopic (exact) mass is 412 g/mol. The van der Waals surface area contributed by atoms with Gasteiger partial charge in [-0.05, 0) is 48.2 Å². The van der Waals surface area contributed by atoms with Crippen molar-refractivity contribution in [3.8, 4) is 5.75 Å². The van der Waals surface area contributed by atoms with E-state index in [2.05, 4.69) is 55.5 Å². The zero-order valence-corrected chi connectivity index (χ0v) is 14.9. The zero-order chi connectivity index (χ0) is 15.2. The molecule has 2 rings (SSSR count). The fourth-order valence-electron chi connectivity index (χ4n) is 2.22. The van der Waals surface area contributed by atoms with Gasteiger partial charge in [-0.25, -0.2) is 0 Å². The van der Waals surface area contributed by atoms with Gasteiger partial charge < -0.3 is 4.74 Å². The summed E-state index contributed by atoms with van der Waals surface area (Å²) < 4.78 is 7.27. The van der Waals surface area contributed by atoms with Gasteiger partial charge in [0.15, 0.2) is 0 Å². The molecule has 3 N–H and O–H groups in total. The maximum atomic E-state index is 5.72. The van der Waals surface area contributed by atoms with Crippen LogP contribution in [0.25, 0.3) is 0 Å². The molecule has 3 nitrogen and oxygen atoms in total. The Morgan fingerprint density at radius 2 is 1.86 bits per heavy atom. The topological polar surface area (TPSA) is 47.3 Å². The predicted octanol–water partition coefficient (Wildman–Crippen LogP) is 4.36. The number of nitrogens with two attached hydrogens (primary N) is 1. The van der Waals surface area contributed by atoms with Crippen LogP contribution in [0.15, 0.2) is 51.4 Å². The Balaban J connectivity index is 2.04. The van der Waals surface area contributed by atoms with Gasteiger partial charge in [-0.2, -0.15) is 0 Å². The number of hydrazine groups is 1. The molecule has 5 heteroatoms. The van der Waals surface area contributed by atoms with E-state index >= 15 is 0 Å². The highest BCUT2D eigenvalue weighted by Crippen LogP contribution is 2.29. The van der Waals surface area contributed by atoms with Crippen molar-refractivity contribution in [2.75, 3.05) is 7.11 Å². The van der Waals surface area contributed by atoms with Crippen molar-refractivity contribution in [1.82, 2.24) is 5.43 Å². The van der Waals surface area contributed by atoms with Crippen molar-refractivity contribution in [3.05, 3.63) is 62.5 Å². The van der Waals surface area contributed by atoms with Gasteiger partial charge in [0.2, 0.25) is 0 Å². The Bertz CT molecular complexity index is 587. The number of rotatable bonds is 6. The molecule has 0 heterocycles. The third-order valence-electron chi connectivity index (χ3n) is 3.42. The van der Waals surface area contributed by atoms with E-state index in [9.17, 15) is 0 Å². The lowest BCUT2D eigenvalue weighted by molar-refractivity contribution is 0.414. The summed E-state index contributed by atoms with van der Waals surface area (Å²) in [5.74, 6) is 6.60. The minimum Gasteiger partial charge on any atom is -0.497 e. The van der Waals surface area contributed by atoms with E-state index in [-0.39, 0.29) is 6.04 Å². The molecule has 0 bridgehead atoms. The van der Waals surface area contributed by atoms with E-state index in [1.807, 2.05) is 24.3 Å². The van der Waals surface area contributed by atoms with Crippen LogP contribution < -0.4 is 16.0 Å². The van der Waals surface area contributed by atoms with Crippen molar-refractivity contribution < 1.29 is 4.74 Å². The van der Waals surface area contributed by atoms with E-state index in [0.29, 0.717) is 0 Å². The third-order valence-corrected chi connectivity index (χ3v) is 4.60. The summed E-state index contributed by atoms with van der Waals surface area (Å²) in [5.41, 5.74) is 5.33. The number of nitrogens with one attached hydrogen (secondary N) is 1. The van der Waals surface area contributed by atoms with Crippen LogP contribution in [0.4, 0.5) is 0 Å². The van der Waals surface area contributed by atoms with Crippen molar-refractivity contribution in [2.24, 2.45) is 5.84 Å². The summed E-state index contributed by atoms with van der Waals surface area (Å²) in [6, 6.07) is 14.4. The van der Waals surface area contributed by atoms with Gasteiger partial charge in [-0.15, -0.1) is 0 Å². The van der Waals surface area contributed by atoms with Crippen molar-refractivity contribution in [2.45, 2.75) is 18.9 Å². The van der Waals surface area contributed by atoms with Gasteiger partial charge in [0, 0.05) is 15.0 Å². The molecule has 112 valence electrons. The molecular formula is C16H18Br2N2O. The maximum absolute atomic E-state index is 5.72. The molecule has 2 aromatic rings. The second-order valence-electron chi connectivity index (χ2n) is 4.77. The average molecular weight is 414 g/mol. The average Bonchev–Trinajstić information content (AvgIpc) is 2.50. The lowest BCUT2D eigenvalue weighted by Crippen LogP contribution is -2.28. The summed E-state index contributed by atoms with van der Waals surface area (Å²) in [5, 5.41) is 0. The second kappa shape index (κ2) is 7.94. The maximum Gasteiger partial charge on any atom is 0.118 e. The molecule has 0 saturated carbocycles. The summed E-state index contributed by atoms with van der Waals surface area (Å²) in [4.78, 5) is 0. The number of halogens is 2. The van der Waals surface area contributed by atoms with E-state index in [1.54, 1.807) is 7.11 Å².